The number of Topliss-reactive ketones (excluding diaryl/α,β-unsaturated/α-hetero) is 1. The number of halogens is 2. The van der Waals surface area contributed by atoms with E-state index in [2.05, 4.69) is 0 Å². The molecule has 0 unspecified atom stereocenters. The van der Waals surface area contributed by atoms with E-state index in [1.807, 2.05) is 0 Å². The molecule has 0 amide bonds. The lowest BCUT2D eigenvalue weighted by Gasteiger charge is -2.24. The highest BCUT2D eigenvalue weighted by Crippen LogP contribution is 2.29. The van der Waals surface area contributed by atoms with Crippen molar-refractivity contribution in [1.82, 2.24) is 0 Å². The average molecular weight is 254 g/mol. The van der Waals surface area contributed by atoms with Crippen molar-refractivity contribution < 1.29 is 18.3 Å². The van der Waals surface area contributed by atoms with Crippen molar-refractivity contribution in [2.24, 2.45) is 5.92 Å². The summed E-state index contributed by atoms with van der Waals surface area (Å²) in [6.45, 7) is 0.219. The van der Waals surface area contributed by atoms with Crippen LogP contribution in [0.1, 0.15) is 36.0 Å². The van der Waals surface area contributed by atoms with Gasteiger partial charge in [0.1, 0.15) is 18.2 Å². The Morgan fingerprint density at radius 1 is 1.28 bits per heavy atom. The number of carbonyl (C=O) groups excluding carboxylic acids is 1. The van der Waals surface area contributed by atoms with Crippen LogP contribution >= 0.6 is 0 Å². The van der Waals surface area contributed by atoms with Gasteiger partial charge in [-0.2, -0.15) is 0 Å². The second-order valence-corrected chi connectivity index (χ2v) is 4.66. The quantitative estimate of drug-likeness (QED) is 0.575. The van der Waals surface area contributed by atoms with Gasteiger partial charge in [-0.3, -0.25) is 4.79 Å². The lowest BCUT2D eigenvalue weighted by molar-refractivity contribution is 0.0697. The predicted octanol–water partition coefficient (Wildman–Crippen LogP) is 3.35. The molecule has 1 aliphatic rings. The summed E-state index contributed by atoms with van der Waals surface area (Å²) in [4.78, 5) is 11.6. The molecule has 0 saturated heterocycles. The maximum Gasteiger partial charge on any atom is 0.194 e. The second kappa shape index (κ2) is 6.05. The number of ketones is 1. The molecule has 0 atom stereocenters. The van der Waals surface area contributed by atoms with Gasteiger partial charge in [-0.05, 0) is 24.5 Å². The Morgan fingerprint density at radius 3 is 2.50 bits per heavy atom. The minimum absolute atomic E-state index is 0.259. The lowest BCUT2D eigenvalue weighted by Crippen LogP contribution is -2.17. The molecule has 98 valence electrons. The van der Waals surface area contributed by atoms with Crippen molar-refractivity contribution in [2.75, 3.05) is 13.2 Å². The number of rotatable bonds is 6. The fraction of sp³-hybridized carbons (Fsp3) is 0.500. The summed E-state index contributed by atoms with van der Waals surface area (Å²) >= 11 is 0. The molecule has 1 aliphatic carbocycles. The Kier molecular flexibility index (Phi) is 4.42. The Labute approximate surface area is 105 Å². The summed E-state index contributed by atoms with van der Waals surface area (Å²) in [5.41, 5.74) is -0.499. The SMILES string of the molecule is O=C(COCCC1CCC1)c1c(F)cccc1F. The monoisotopic (exact) mass is 254 g/mol. The van der Waals surface area contributed by atoms with Gasteiger partial charge in [-0.15, -0.1) is 0 Å². The molecule has 4 heteroatoms. The Bertz CT molecular complexity index is 408. The van der Waals surface area contributed by atoms with E-state index in [9.17, 15) is 13.6 Å². The summed E-state index contributed by atoms with van der Waals surface area (Å²) in [5.74, 6) is -1.60. The number of carbonyl (C=O) groups is 1. The van der Waals surface area contributed by atoms with Crippen LogP contribution in [0, 0.1) is 17.6 Å². The second-order valence-electron chi connectivity index (χ2n) is 4.66. The normalized spacial score (nSPS) is 15.4. The van der Waals surface area contributed by atoms with Gasteiger partial charge in [0.25, 0.3) is 0 Å². The molecule has 1 saturated carbocycles. The summed E-state index contributed by atoms with van der Waals surface area (Å²) in [5, 5.41) is 0. The van der Waals surface area contributed by atoms with Crippen LogP contribution in [0.3, 0.4) is 0 Å². The zero-order chi connectivity index (χ0) is 13.0. The molecule has 0 heterocycles. The van der Waals surface area contributed by atoms with E-state index in [4.69, 9.17) is 4.74 Å². The minimum Gasteiger partial charge on any atom is -0.373 e. The Hall–Kier alpha value is -1.29. The van der Waals surface area contributed by atoms with E-state index in [1.165, 1.54) is 25.3 Å². The molecular weight excluding hydrogens is 238 g/mol. The van der Waals surface area contributed by atoms with Crippen LogP contribution in [-0.4, -0.2) is 19.0 Å². The molecule has 2 nitrogen and oxygen atoms in total. The van der Waals surface area contributed by atoms with Crippen LogP contribution < -0.4 is 0 Å². The smallest absolute Gasteiger partial charge is 0.194 e. The zero-order valence-electron chi connectivity index (χ0n) is 10.1. The van der Waals surface area contributed by atoms with E-state index < -0.39 is 23.0 Å². The number of ether oxygens (including phenoxy) is 1. The van der Waals surface area contributed by atoms with Gasteiger partial charge >= 0.3 is 0 Å². The van der Waals surface area contributed by atoms with Gasteiger partial charge in [-0.1, -0.05) is 25.3 Å². The molecule has 0 aromatic heterocycles. The fourth-order valence-electron chi connectivity index (χ4n) is 2.03. The maximum atomic E-state index is 13.3. The first-order valence-electron chi connectivity index (χ1n) is 6.23. The Balaban J connectivity index is 1.80. The van der Waals surface area contributed by atoms with Crippen LogP contribution in [0.4, 0.5) is 8.78 Å². The third kappa shape index (κ3) is 3.13. The van der Waals surface area contributed by atoms with E-state index in [1.54, 1.807) is 0 Å². The van der Waals surface area contributed by atoms with Crippen molar-refractivity contribution in [3.63, 3.8) is 0 Å². The molecular formula is C14H16F2O2. The summed E-state index contributed by atoms with van der Waals surface area (Å²) in [6, 6.07) is 3.38. The van der Waals surface area contributed by atoms with Crippen molar-refractivity contribution in [2.45, 2.75) is 25.7 Å². The highest BCUT2D eigenvalue weighted by Gasteiger charge is 2.19. The van der Waals surface area contributed by atoms with E-state index in [-0.39, 0.29) is 6.61 Å². The van der Waals surface area contributed by atoms with E-state index in [0.717, 1.165) is 18.6 Å². The van der Waals surface area contributed by atoms with Crippen molar-refractivity contribution >= 4 is 5.78 Å². The number of benzene rings is 1. The zero-order valence-corrected chi connectivity index (χ0v) is 10.1. The molecule has 1 aromatic rings. The topological polar surface area (TPSA) is 26.3 Å². The lowest BCUT2D eigenvalue weighted by atomic mass is 9.83. The number of hydrogen-bond acceptors (Lipinski definition) is 2. The first-order chi connectivity index (χ1) is 8.68. The van der Waals surface area contributed by atoms with Gasteiger partial charge < -0.3 is 4.74 Å². The highest BCUT2D eigenvalue weighted by atomic mass is 19.1. The predicted molar refractivity (Wildman–Crippen MR) is 63.5 cm³/mol. The first-order valence-corrected chi connectivity index (χ1v) is 6.23. The minimum atomic E-state index is -0.831. The third-order valence-electron chi connectivity index (χ3n) is 3.37. The van der Waals surface area contributed by atoms with Crippen LogP contribution in [0.2, 0.25) is 0 Å². The van der Waals surface area contributed by atoms with Gasteiger partial charge in [0.05, 0.1) is 5.56 Å². The summed E-state index contributed by atoms with van der Waals surface area (Å²) < 4.78 is 31.8. The maximum absolute atomic E-state index is 13.3. The molecule has 0 aliphatic heterocycles. The number of hydrogen-bond donors (Lipinski definition) is 0. The van der Waals surface area contributed by atoms with Crippen LogP contribution in [-0.2, 0) is 4.74 Å². The van der Waals surface area contributed by atoms with Crippen LogP contribution in [0.15, 0.2) is 18.2 Å². The van der Waals surface area contributed by atoms with E-state index >= 15 is 0 Å². The molecule has 0 bridgehead atoms. The van der Waals surface area contributed by atoms with Gasteiger partial charge in [-0.25, -0.2) is 8.78 Å². The molecule has 0 radical (unpaired) electrons. The van der Waals surface area contributed by atoms with Gasteiger partial charge in [0.2, 0.25) is 0 Å². The molecule has 18 heavy (non-hydrogen) atoms. The summed E-state index contributed by atoms with van der Waals surface area (Å²) in [7, 11) is 0. The molecule has 1 fully saturated rings. The van der Waals surface area contributed by atoms with Crippen LogP contribution in [0.5, 0.6) is 0 Å². The average Bonchev–Trinajstić information content (AvgIpc) is 2.26. The first kappa shape index (κ1) is 13.1. The summed E-state index contributed by atoms with van der Waals surface area (Å²) in [6.07, 6.45) is 4.63. The van der Waals surface area contributed by atoms with Crippen molar-refractivity contribution in [3.05, 3.63) is 35.4 Å². The van der Waals surface area contributed by atoms with Crippen molar-refractivity contribution in [3.8, 4) is 0 Å². The van der Waals surface area contributed by atoms with Crippen LogP contribution in [0.25, 0.3) is 0 Å². The highest BCUT2D eigenvalue weighted by molar-refractivity contribution is 5.97. The standard InChI is InChI=1S/C14H16F2O2/c15-11-5-2-6-12(16)14(11)13(17)9-18-8-7-10-3-1-4-10/h2,5-6,10H,1,3-4,7-9H2. The van der Waals surface area contributed by atoms with E-state index in [0.29, 0.717) is 12.5 Å². The Morgan fingerprint density at radius 2 is 1.94 bits per heavy atom. The molecule has 0 spiro atoms. The van der Waals surface area contributed by atoms with Crippen molar-refractivity contribution in [1.29, 1.82) is 0 Å². The molecule has 2 rings (SSSR count). The molecule has 1 aromatic carbocycles. The van der Waals surface area contributed by atoms with Gasteiger partial charge in [0, 0.05) is 6.61 Å². The molecule has 0 N–H and O–H groups in total. The largest absolute Gasteiger partial charge is 0.373 e. The third-order valence-corrected chi connectivity index (χ3v) is 3.37. The fourth-order valence-corrected chi connectivity index (χ4v) is 2.03. The van der Waals surface area contributed by atoms with Gasteiger partial charge in [0.15, 0.2) is 5.78 Å².